The Kier molecular flexibility index (Phi) is 6.70. The molecule has 0 spiro atoms. The lowest BCUT2D eigenvalue weighted by Crippen LogP contribution is -2.34. The van der Waals surface area contributed by atoms with Crippen LogP contribution in [0.25, 0.3) is 0 Å². The molecule has 0 saturated heterocycles. The number of hydrogen-bond donors (Lipinski definition) is 3. The van der Waals surface area contributed by atoms with Gasteiger partial charge in [-0.15, -0.1) is 0 Å². The number of carbonyl (C=O) groups excluding carboxylic acids is 1. The van der Waals surface area contributed by atoms with E-state index in [-0.39, 0.29) is 32.1 Å². The highest BCUT2D eigenvalue weighted by molar-refractivity contribution is 9.10. The maximum atomic E-state index is 11.3. The monoisotopic (exact) mass is 317 g/mol. The van der Waals surface area contributed by atoms with Gasteiger partial charge in [0.1, 0.15) is 5.75 Å². The first kappa shape index (κ1) is 14.9. The van der Waals surface area contributed by atoms with Crippen molar-refractivity contribution in [1.29, 1.82) is 0 Å². The first-order valence-corrected chi connectivity index (χ1v) is 6.35. The highest BCUT2D eigenvalue weighted by Gasteiger charge is 2.05. The third kappa shape index (κ3) is 6.00. The van der Waals surface area contributed by atoms with Crippen molar-refractivity contribution in [2.75, 3.05) is 19.8 Å². The van der Waals surface area contributed by atoms with Gasteiger partial charge in [-0.05, 0) is 18.2 Å². The van der Waals surface area contributed by atoms with Crippen LogP contribution < -0.4 is 10.1 Å². The summed E-state index contributed by atoms with van der Waals surface area (Å²) in [7, 11) is 0. The van der Waals surface area contributed by atoms with E-state index < -0.39 is 6.10 Å². The Morgan fingerprint density at radius 2 is 2.28 bits per heavy atom. The summed E-state index contributed by atoms with van der Waals surface area (Å²) in [6.45, 7) is -0.0570. The van der Waals surface area contributed by atoms with E-state index in [2.05, 4.69) is 21.2 Å². The van der Waals surface area contributed by atoms with Gasteiger partial charge in [0, 0.05) is 11.0 Å². The smallest absolute Gasteiger partial charge is 0.223 e. The number of benzene rings is 1. The maximum Gasteiger partial charge on any atom is 0.223 e. The number of ether oxygens (including phenoxy) is 1. The second-order valence-electron chi connectivity index (χ2n) is 3.70. The van der Waals surface area contributed by atoms with Crippen LogP contribution in [0.15, 0.2) is 28.7 Å². The van der Waals surface area contributed by atoms with Crippen LogP contribution in [0.2, 0.25) is 0 Å². The molecule has 0 heterocycles. The third-order valence-electron chi connectivity index (χ3n) is 2.14. The molecular formula is C12H16BrNO4. The third-order valence-corrected chi connectivity index (χ3v) is 2.63. The summed E-state index contributed by atoms with van der Waals surface area (Å²) in [6.07, 6.45) is -0.718. The first-order chi connectivity index (χ1) is 8.61. The van der Waals surface area contributed by atoms with E-state index in [4.69, 9.17) is 14.9 Å². The van der Waals surface area contributed by atoms with Gasteiger partial charge < -0.3 is 20.3 Å². The van der Waals surface area contributed by atoms with Crippen molar-refractivity contribution in [3.63, 3.8) is 0 Å². The Morgan fingerprint density at radius 1 is 1.50 bits per heavy atom. The molecule has 3 N–H and O–H groups in total. The molecule has 0 aliphatic rings. The van der Waals surface area contributed by atoms with E-state index in [0.717, 1.165) is 4.47 Å². The molecule has 1 unspecified atom stereocenters. The minimum atomic E-state index is -0.917. The predicted molar refractivity (Wildman–Crippen MR) is 70.4 cm³/mol. The zero-order chi connectivity index (χ0) is 13.4. The highest BCUT2D eigenvalue weighted by atomic mass is 79.9. The van der Waals surface area contributed by atoms with Crippen molar-refractivity contribution in [3.05, 3.63) is 28.7 Å². The molecule has 6 heteroatoms. The molecule has 0 aliphatic carbocycles. The number of aliphatic hydroxyl groups is 2. The number of aliphatic hydroxyl groups excluding tert-OH is 2. The van der Waals surface area contributed by atoms with E-state index in [1.807, 2.05) is 18.2 Å². The fourth-order valence-electron chi connectivity index (χ4n) is 1.20. The number of amides is 1. The number of hydrogen-bond acceptors (Lipinski definition) is 4. The van der Waals surface area contributed by atoms with Crippen molar-refractivity contribution in [2.24, 2.45) is 0 Å². The van der Waals surface area contributed by atoms with Crippen molar-refractivity contribution in [1.82, 2.24) is 5.32 Å². The number of nitrogens with one attached hydrogen (secondary N) is 1. The summed E-state index contributed by atoms with van der Waals surface area (Å²) in [4.78, 5) is 11.3. The quantitative estimate of drug-likeness (QED) is 0.691. The van der Waals surface area contributed by atoms with E-state index >= 15 is 0 Å². The molecule has 1 rings (SSSR count). The van der Waals surface area contributed by atoms with Crippen LogP contribution in [0.3, 0.4) is 0 Å². The lowest BCUT2D eigenvalue weighted by atomic mass is 10.3. The SMILES string of the molecule is O=C(CCOc1cccc(Br)c1)NCC(O)CO. The van der Waals surface area contributed by atoms with E-state index in [1.54, 1.807) is 6.07 Å². The minimum absolute atomic E-state index is 0.0478. The van der Waals surface area contributed by atoms with Gasteiger partial charge >= 0.3 is 0 Å². The molecule has 1 aromatic carbocycles. The molecule has 18 heavy (non-hydrogen) atoms. The van der Waals surface area contributed by atoms with Gasteiger partial charge in [-0.3, -0.25) is 4.79 Å². The molecule has 1 atom stereocenters. The van der Waals surface area contributed by atoms with Crippen molar-refractivity contribution >= 4 is 21.8 Å². The maximum absolute atomic E-state index is 11.3. The van der Waals surface area contributed by atoms with Gasteiger partial charge in [0.15, 0.2) is 0 Å². The predicted octanol–water partition coefficient (Wildman–Crippen LogP) is 0.687. The molecule has 0 aromatic heterocycles. The van der Waals surface area contributed by atoms with Gasteiger partial charge in [0.05, 0.1) is 25.7 Å². The highest BCUT2D eigenvalue weighted by Crippen LogP contribution is 2.17. The minimum Gasteiger partial charge on any atom is -0.493 e. The molecular weight excluding hydrogens is 302 g/mol. The van der Waals surface area contributed by atoms with Gasteiger partial charge in [0.25, 0.3) is 0 Å². The molecule has 0 radical (unpaired) electrons. The molecule has 1 amide bonds. The fraction of sp³-hybridized carbons (Fsp3) is 0.417. The lowest BCUT2D eigenvalue weighted by Gasteiger charge is -2.09. The van der Waals surface area contributed by atoms with Gasteiger partial charge in [-0.2, -0.15) is 0 Å². The lowest BCUT2D eigenvalue weighted by molar-refractivity contribution is -0.122. The van der Waals surface area contributed by atoms with Gasteiger partial charge in [-0.1, -0.05) is 22.0 Å². The summed E-state index contributed by atoms with van der Waals surface area (Å²) < 4.78 is 6.30. The number of carbonyl (C=O) groups is 1. The van der Waals surface area contributed by atoms with Crippen LogP contribution in [0.4, 0.5) is 0 Å². The molecule has 0 fully saturated rings. The zero-order valence-corrected chi connectivity index (χ0v) is 11.4. The largest absolute Gasteiger partial charge is 0.493 e. The Hall–Kier alpha value is -1.11. The fourth-order valence-corrected chi connectivity index (χ4v) is 1.58. The van der Waals surface area contributed by atoms with Crippen LogP contribution in [0, 0.1) is 0 Å². The van der Waals surface area contributed by atoms with Crippen LogP contribution >= 0.6 is 15.9 Å². The Morgan fingerprint density at radius 3 is 2.94 bits per heavy atom. The summed E-state index contributed by atoms with van der Waals surface area (Å²) in [6, 6.07) is 7.35. The molecule has 100 valence electrons. The normalized spacial score (nSPS) is 11.9. The van der Waals surface area contributed by atoms with Crippen LogP contribution in [-0.2, 0) is 4.79 Å². The number of halogens is 1. The zero-order valence-electron chi connectivity index (χ0n) is 9.80. The van der Waals surface area contributed by atoms with E-state index in [1.165, 1.54) is 0 Å². The second-order valence-corrected chi connectivity index (χ2v) is 4.61. The van der Waals surface area contributed by atoms with Crippen molar-refractivity contribution in [2.45, 2.75) is 12.5 Å². The van der Waals surface area contributed by atoms with Crippen LogP contribution in [0.1, 0.15) is 6.42 Å². The average Bonchev–Trinajstić information content (AvgIpc) is 2.36. The Balaban J connectivity index is 2.19. The average molecular weight is 318 g/mol. The molecule has 0 saturated carbocycles. The van der Waals surface area contributed by atoms with E-state index in [0.29, 0.717) is 5.75 Å². The second kappa shape index (κ2) is 8.07. The van der Waals surface area contributed by atoms with Crippen molar-refractivity contribution in [3.8, 4) is 5.75 Å². The molecule has 0 aliphatic heterocycles. The van der Waals surface area contributed by atoms with Crippen LogP contribution in [0.5, 0.6) is 5.75 Å². The van der Waals surface area contributed by atoms with Gasteiger partial charge in [0.2, 0.25) is 5.91 Å². The standard InChI is InChI=1S/C12H16BrNO4/c13-9-2-1-3-11(6-9)18-5-4-12(17)14-7-10(16)8-15/h1-3,6,10,15-16H,4-5,7-8H2,(H,14,17). The Bertz CT molecular complexity index is 386. The first-order valence-electron chi connectivity index (χ1n) is 5.56. The van der Waals surface area contributed by atoms with Crippen molar-refractivity contribution < 1.29 is 19.7 Å². The topological polar surface area (TPSA) is 78.8 Å². The molecule has 5 nitrogen and oxygen atoms in total. The summed E-state index contributed by atoms with van der Waals surface area (Å²) in [5.41, 5.74) is 0. The number of rotatable bonds is 7. The molecule has 1 aromatic rings. The van der Waals surface area contributed by atoms with Gasteiger partial charge in [-0.25, -0.2) is 0 Å². The Labute approximate surface area is 114 Å². The molecule has 0 bridgehead atoms. The summed E-state index contributed by atoms with van der Waals surface area (Å²) in [5.74, 6) is 0.463. The summed E-state index contributed by atoms with van der Waals surface area (Å²) in [5, 5.41) is 20.1. The van der Waals surface area contributed by atoms with Crippen LogP contribution in [-0.4, -0.2) is 42.0 Å². The summed E-state index contributed by atoms with van der Waals surface area (Å²) >= 11 is 3.32. The van der Waals surface area contributed by atoms with E-state index in [9.17, 15) is 4.79 Å².